The van der Waals surface area contributed by atoms with E-state index in [1.54, 1.807) is 0 Å². The van der Waals surface area contributed by atoms with Crippen LogP contribution in [0.25, 0.3) is 0 Å². The highest BCUT2D eigenvalue weighted by atomic mass is 14.3. The summed E-state index contributed by atoms with van der Waals surface area (Å²) in [6.45, 7) is 3.87. The Bertz CT molecular complexity index is 388. The Balaban J connectivity index is 2.03. The minimum atomic E-state index is 0.684. The van der Waals surface area contributed by atoms with Crippen LogP contribution >= 0.6 is 0 Å². The Hall–Kier alpha value is -1.55. The van der Waals surface area contributed by atoms with Gasteiger partial charge in [-0.1, -0.05) is 18.2 Å². The molecule has 0 amide bonds. The fourth-order valence-electron chi connectivity index (χ4n) is 2.52. The van der Waals surface area contributed by atoms with Gasteiger partial charge in [-0.25, -0.2) is 0 Å². The number of nitriles is 1. The maximum absolute atomic E-state index is 8.74. The predicted octanol–water partition coefficient (Wildman–Crippen LogP) is 4.02. The number of allylic oxidation sites excluding steroid dienone is 1. The highest BCUT2D eigenvalue weighted by molar-refractivity contribution is 5.33. The Morgan fingerprint density at radius 2 is 1.75 bits per heavy atom. The number of benzene rings is 1. The maximum atomic E-state index is 8.74. The first-order valence-electron chi connectivity index (χ1n) is 5.96. The van der Waals surface area contributed by atoms with Gasteiger partial charge < -0.3 is 0 Å². The molecule has 1 aliphatic rings. The molecule has 0 N–H and O–H groups in total. The number of rotatable bonds is 2. The van der Waals surface area contributed by atoms with Crippen LogP contribution in [0.15, 0.2) is 36.9 Å². The molecule has 0 radical (unpaired) electrons. The van der Waals surface area contributed by atoms with Gasteiger partial charge in [0.25, 0.3) is 0 Å². The van der Waals surface area contributed by atoms with E-state index in [1.807, 2.05) is 12.1 Å². The highest BCUT2D eigenvalue weighted by Crippen LogP contribution is 2.35. The van der Waals surface area contributed by atoms with Gasteiger partial charge in [-0.15, -0.1) is 6.58 Å². The van der Waals surface area contributed by atoms with Crippen molar-refractivity contribution in [2.75, 3.05) is 0 Å². The Kier molecular flexibility index (Phi) is 3.41. The minimum absolute atomic E-state index is 0.684. The van der Waals surface area contributed by atoms with Crippen molar-refractivity contribution in [1.29, 1.82) is 5.26 Å². The minimum Gasteiger partial charge on any atom is -0.192 e. The van der Waals surface area contributed by atoms with Crippen molar-refractivity contribution in [1.82, 2.24) is 0 Å². The monoisotopic (exact) mass is 211 g/mol. The summed E-state index contributed by atoms with van der Waals surface area (Å²) < 4.78 is 0. The van der Waals surface area contributed by atoms with Gasteiger partial charge in [0, 0.05) is 0 Å². The van der Waals surface area contributed by atoms with Gasteiger partial charge in [-0.2, -0.15) is 5.26 Å². The summed E-state index contributed by atoms with van der Waals surface area (Å²) in [6.07, 6.45) is 7.11. The van der Waals surface area contributed by atoms with Crippen LogP contribution in [0.4, 0.5) is 0 Å². The summed E-state index contributed by atoms with van der Waals surface area (Å²) >= 11 is 0. The molecule has 0 bridgehead atoms. The summed E-state index contributed by atoms with van der Waals surface area (Å²) in [7, 11) is 0. The first-order chi connectivity index (χ1) is 7.83. The van der Waals surface area contributed by atoms with E-state index < -0.39 is 0 Å². The molecule has 0 aliphatic heterocycles. The van der Waals surface area contributed by atoms with Gasteiger partial charge in [0.2, 0.25) is 0 Å². The van der Waals surface area contributed by atoms with Crippen LogP contribution in [0, 0.1) is 17.2 Å². The smallest absolute Gasteiger partial charge is 0.0991 e. The van der Waals surface area contributed by atoms with E-state index in [2.05, 4.69) is 30.9 Å². The third kappa shape index (κ3) is 2.33. The van der Waals surface area contributed by atoms with Crippen LogP contribution in [0.1, 0.15) is 42.7 Å². The third-order valence-corrected chi connectivity index (χ3v) is 3.62. The average Bonchev–Trinajstić information content (AvgIpc) is 2.39. The van der Waals surface area contributed by atoms with E-state index in [0.717, 1.165) is 11.5 Å². The van der Waals surface area contributed by atoms with E-state index >= 15 is 0 Å². The van der Waals surface area contributed by atoms with Gasteiger partial charge in [0.05, 0.1) is 11.6 Å². The fourth-order valence-corrected chi connectivity index (χ4v) is 2.52. The third-order valence-electron chi connectivity index (χ3n) is 3.62. The van der Waals surface area contributed by atoms with Gasteiger partial charge in [-0.05, 0) is 55.2 Å². The zero-order chi connectivity index (χ0) is 11.4. The summed E-state index contributed by atoms with van der Waals surface area (Å²) in [5, 5.41) is 8.74. The SMILES string of the molecule is C=CC1CCC(c2ccc(C#N)cc2)CC1. The molecule has 1 aromatic rings. The van der Waals surface area contributed by atoms with Gasteiger partial charge in [0.15, 0.2) is 0 Å². The molecular weight excluding hydrogens is 194 g/mol. The lowest BCUT2D eigenvalue weighted by Crippen LogP contribution is -2.11. The van der Waals surface area contributed by atoms with E-state index in [9.17, 15) is 0 Å². The number of hydrogen-bond donors (Lipinski definition) is 0. The summed E-state index contributed by atoms with van der Waals surface area (Å²) in [5.74, 6) is 1.40. The first-order valence-corrected chi connectivity index (χ1v) is 5.96. The molecule has 1 heteroatoms. The largest absolute Gasteiger partial charge is 0.192 e. The summed E-state index contributed by atoms with van der Waals surface area (Å²) in [5.41, 5.74) is 2.14. The average molecular weight is 211 g/mol. The van der Waals surface area contributed by atoms with Gasteiger partial charge >= 0.3 is 0 Å². The lowest BCUT2D eigenvalue weighted by atomic mass is 9.79. The fraction of sp³-hybridized carbons (Fsp3) is 0.400. The molecule has 0 saturated heterocycles. The molecule has 16 heavy (non-hydrogen) atoms. The van der Waals surface area contributed by atoms with Crippen LogP contribution in [-0.4, -0.2) is 0 Å². The molecule has 1 fully saturated rings. The van der Waals surface area contributed by atoms with E-state index in [1.165, 1.54) is 31.2 Å². The van der Waals surface area contributed by atoms with E-state index in [0.29, 0.717) is 5.92 Å². The van der Waals surface area contributed by atoms with Crippen molar-refractivity contribution >= 4 is 0 Å². The molecule has 0 spiro atoms. The molecule has 1 saturated carbocycles. The van der Waals surface area contributed by atoms with Crippen LogP contribution in [0.2, 0.25) is 0 Å². The predicted molar refractivity (Wildman–Crippen MR) is 66.1 cm³/mol. The highest BCUT2D eigenvalue weighted by Gasteiger charge is 2.20. The van der Waals surface area contributed by atoms with Gasteiger partial charge in [-0.3, -0.25) is 0 Å². The molecule has 0 aromatic heterocycles. The van der Waals surface area contributed by atoms with Crippen LogP contribution in [0.3, 0.4) is 0 Å². The summed E-state index contributed by atoms with van der Waals surface area (Å²) in [6, 6.07) is 10.2. The molecule has 0 atom stereocenters. The van der Waals surface area contributed by atoms with Gasteiger partial charge in [0.1, 0.15) is 0 Å². The molecule has 0 unspecified atom stereocenters. The normalized spacial score (nSPS) is 24.7. The van der Waals surface area contributed by atoms with E-state index in [4.69, 9.17) is 5.26 Å². The second kappa shape index (κ2) is 4.99. The van der Waals surface area contributed by atoms with Crippen LogP contribution in [0.5, 0.6) is 0 Å². The van der Waals surface area contributed by atoms with Crippen molar-refractivity contribution in [2.24, 2.45) is 5.92 Å². The topological polar surface area (TPSA) is 23.8 Å². The zero-order valence-electron chi connectivity index (χ0n) is 9.52. The maximum Gasteiger partial charge on any atom is 0.0991 e. The first kappa shape index (κ1) is 11.0. The Morgan fingerprint density at radius 3 is 2.25 bits per heavy atom. The van der Waals surface area contributed by atoms with E-state index in [-0.39, 0.29) is 0 Å². The molecule has 1 aliphatic carbocycles. The zero-order valence-corrected chi connectivity index (χ0v) is 9.52. The molecule has 2 rings (SSSR count). The lowest BCUT2D eigenvalue weighted by Gasteiger charge is -2.26. The lowest BCUT2D eigenvalue weighted by molar-refractivity contribution is 0.376. The second-order valence-corrected chi connectivity index (χ2v) is 4.58. The quantitative estimate of drug-likeness (QED) is 0.678. The Labute approximate surface area is 97.4 Å². The standard InChI is InChI=1S/C15H17N/c1-2-12-3-7-14(8-4-12)15-9-5-13(11-16)6-10-15/h2,5-6,9-10,12,14H,1,3-4,7-8H2. The molecule has 1 aromatic carbocycles. The number of nitrogens with zero attached hydrogens (tertiary/aromatic N) is 1. The van der Waals surface area contributed by atoms with Crippen LogP contribution < -0.4 is 0 Å². The molecular formula is C15H17N. The summed E-state index contributed by atoms with van der Waals surface area (Å²) in [4.78, 5) is 0. The van der Waals surface area contributed by atoms with Crippen molar-refractivity contribution in [2.45, 2.75) is 31.6 Å². The number of hydrogen-bond acceptors (Lipinski definition) is 1. The van der Waals surface area contributed by atoms with Crippen LogP contribution in [-0.2, 0) is 0 Å². The van der Waals surface area contributed by atoms with Crippen molar-refractivity contribution < 1.29 is 0 Å². The Morgan fingerprint density at radius 1 is 1.12 bits per heavy atom. The van der Waals surface area contributed by atoms with Crippen molar-refractivity contribution in [3.63, 3.8) is 0 Å². The second-order valence-electron chi connectivity index (χ2n) is 4.58. The van der Waals surface area contributed by atoms with Crippen molar-refractivity contribution in [3.05, 3.63) is 48.0 Å². The molecule has 82 valence electrons. The molecule has 1 nitrogen and oxygen atoms in total. The van der Waals surface area contributed by atoms with Crippen molar-refractivity contribution in [3.8, 4) is 6.07 Å². The molecule has 0 heterocycles.